The van der Waals surface area contributed by atoms with Gasteiger partial charge in [0.05, 0.1) is 0 Å². The van der Waals surface area contributed by atoms with Crippen molar-refractivity contribution in [2.75, 3.05) is 6.61 Å². The minimum Gasteiger partial charge on any atom is -0.463 e. The summed E-state index contributed by atoms with van der Waals surface area (Å²) in [5.74, 6) is -0.257. The largest absolute Gasteiger partial charge is 0.463 e. The Morgan fingerprint density at radius 3 is 2.79 bits per heavy atom. The zero-order chi connectivity index (χ0) is 9.97. The highest BCUT2D eigenvalue weighted by Gasteiger charge is 2.40. The number of hydrogen-bond acceptors (Lipinski definition) is 3. The molecule has 1 aliphatic rings. The Morgan fingerprint density at radius 2 is 2.14 bits per heavy atom. The molecule has 2 unspecified atom stereocenters. The van der Waals surface area contributed by atoms with Gasteiger partial charge in [-0.3, -0.25) is 4.79 Å². The standard InChI is InChI=1S/C11H12O3/c1-8(12)13-7-10-11(14-10)9-5-3-2-4-6-9/h2-6,10-11H,7H2,1H3. The summed E-state index contributed by atoms with van der Waals surface area (Å²) in [6.45, 7) is 1.76. The Labute approximate surface area is 82.6 Å². The van der Waals surface area contributed by atoms with Gasteiger partial charge in [-0.15, -0.1) is 0 Å². The first-order chi connectivity index (χ1) is 6.77. The van der Waals surface area contributed by atoms with Crippen molar-refractivity contribution in [3.63, 3.8) is 0 Å². The lowest BCUT2D eigenvalue weighted by Crippen LogP contribution is -2.06. The van der Waals surface area contributed by atoms with E-state index in [9.17, 15) is 4.79 Å². The van der Waals surface area contributed by atoms with Crippen molar-refractivity contribution < 1.29 is 14.3 Å². The molecule has 1 heterocycles. The van der Waals surface area contributed by atoms with Crippen LogP contribution >= 0.6 is 0 Å². The van der Waals surface area contributed by atoms with E-state index in [1.807, 2.05) is 30.3 Å². The molecule has 0 bridgehead atoms. The highest BCUT2D eigenvalue weighted by atomic mass is 16.6. The number of epoxide rings is 1. The van der Waals surface area contributed by atoms with Gasteiger partial charge in [0, 0.05) is 6.92 Å². The lowest BCUT2D eigenvalue weighted by Gasteiger charge is -1.97. The number of hydrogen-bond donors (Lipinski definition) is 0. The van der Waals surface area contributed by atoms with Crippen LogP contribution in [0.3, 0.4) is 0 Å². The SMILES string of the molecule is CC(=O)OCC1OC1c1ccccc1. The van der Waals surface area contributed by atoms with Crippen molar-refractivity contribution in [3.8, 4) is 0 Å². The first-order valence-electron chi connectivity index (χ1n) is 4.61. The van der Waals surface area contributed by atoms with E-state index >= 15 is 0 Å². The van der Waals surface area contributed by atoms with Crippen LogP contribution in [0.15, 0.2) is 30.3 Å². The maximum Gasteiger partial charge on any atom is 0.302 e. The van der Waals surface area contributed by atoms with Crippen molar-refractivity contribution in [1.29, 1.82) is 0 Å². The van der Waals surface area contributed by atoms with Crippen molar-refractivity contribution in [2.24, 2.45) is 0 Å². The van der Waals surface area contributed by atoms with Crippen LogP contribution in [0.25, 0.3) is 0 Å². The molecule has 0 spiro atoms. The molecular weight excluding hydrogens is 180 g/mol. The van der Waals surface area contributed by atoms with E-state index in [1.165, 1.54) is 6.92 Å². The fourth-order valence-corrected chi connectivity index (χ4v) is 1.41. The van der Waals surface area contributed by atoms with Crippen molar-refractivity contribution >= 4 is 5.97 Å². The number of esters is 1. The van der Waals surface area contributed by atoms with E-state index in [1.54, 1.807) is 0 Å². The molecule has 0 N–H and O–H groups in total. The number of carbonyl (C=O) groups excluding carboxylic acids is 1. The number of benzene rings is 1. The summed E-state index contributed by atoms with van der Waals surface area (Å²) < 4.78 is 10.2. The molecule has 0 saturated carbocycles. The zero-order valence-corrected chi connectivity index (χ0v) is 7.97. The van der Waals surface area contributed by atoms with Crippen molar-refractivity contribution in [1.82, 2.24) is 0 Å². The molecule has 0 aromatic heterocycles. The summed E-state index contributed by atoms with van der Waals surface area (Å²) >= 11 is 0. The van der Waals surface area contributed by atoms with Gasteiger partial charge in [0.15, 0.2) is 0 Å². The normalized spacial score (nSPS) is 24.4. The highest BCUT2D eigenvalue weighted by Crippen LogP contribution is 2.38. The molecule has 74 valence electrons. The molecule has 1 aliphatic heterocycles. The minimum absolute atomic E-state index is 0.0429. The Kier molecular flexibility index (Phi) is 2.50. The Hall–Kier alpha value is -1.35. The van der Waals surface area contributed by atoms with Gasteiger partial charge in [0.2, 0.25) is 0 Å². The molecule has 0 amide bonds. The molecule has 1 fully saturated rings. The quantitative estimate of drug-likeness (QED) is 0.540. The molecular formula is C11H12O3. The molecule has 1 aromatic rings. The van der Waals surface area contributed by atoms with Gasteiger partial charge < -0.3 is 9.47 Å². The van der Waals surface area contributed by atoms with E-state index in [0.717, 1.165) is 5.56 Å². The number of ether oxygens (including phenoxy) is 2. The van der Waals surface area contributed by atoms with Gasteiger partial charge in [-0.05, 0) is 5.56 Å². The Morgan fingerprint density at radius 1 is 1.43 bits per heavy atom. The van der Waals surface area contributed by atoms with E-state index in [0.29, 0.717) is 6.61 Å². The minimum atomic E-state index is -0.257. The van der Waals surface area contributed by atoms with Crippen LogP contribution in [0.2, 0.25) is 0 Å². The zero-order valence-electron chi connectivity index (χ0n) is 7.97. The summed E-state index contributed by atoms with van der Waals surface area (Å²) in [6.07, 6.45) is 0.150. The molecule has 3 heteroatoms. The van der Waals surface area contributed by atoms with Gasteiger partial charge in [-0.25, -0.2) is 0 Å². The fourth-order valence-electron chi connectivity index (χ4n) is 1.41. The Bertz CT molecular complexity index is 321. The predicted molar refractivity (Wildman–Crippen MR) is 50.7 cm³/mol. The van der Waals surface area contributed by atoms with Crippen LogP contribution < -0.4 is 0 Å². The van der Waals surface area contributed by atoms with Crippen LogP contribution in [-0.2, 0) is 14.3 Å². The smallest absolute Gasteiger partial charge is 0.302 e. The van der Waals surface area contributed by atoms with Crippen LogP contribution in [0.5, 0.6) is 0 Å². The maximum absolute atomic E-state index is 10.5. The molecule has 1 aromatic carbocycles. The van der Waals surface area contributed by atoms with Gasteiger partial charge >= 0.3 is 5.97 Å². The highest BCUT2D eigenvalue weighted by molar-refractivity contribution is 5.65. The van der Waals surface area contributed by atoms with Crippen LogP contribution in [0.1, 0.15) is 18.6 Å². The lowest BCUT2D eigenvalue weighted by molar-refractivity contribution is -0.141. The van der Waals surface area contributed by atoms with Gasteiger partial charge in [0.1, 0.15) is 18.8 Å². The van der Waals surface area contributed by atoms with E-state index < -0.39 is 0 Å². The molecule has 1 saturated heterocycles. The van der Waals surface area contributed by atoms with Gasteiger partial charge in [-0.2, -0.15) is 0 Å². The van der Waals surface area contributed by atoms with E-state index in [-0.39, 0.29) is 18.2 Å². The fraction of sp³-hybridized carbons (Fsp3) is 0.364. The Balaban J connectivity index is 1.85. The van der Waals surface area contributed by atoms with Crippen LogP contribution in [-0.4, -0.2) is 18.7 Å². The third kappa shape index (κ3) is 2.12. The van der Waals surface area contributed by atoms with Gasteiger partial charge in [0.25, 0.3) is 0 Å². The average molecular weight is 192 g/mol. The third-order valence-electron chi connectivity index (χ3n) is 2.16. The summed E-state index contributed by atoms with van der Waals surface area (Å²) in [4.78, 5) is 10.5. The lowest BCUT2D eigenvalue weighted by atomic mass is 10.1. The van der Waals surface area contributed by atoms with Crippen molar-refractivity contribution in [3.05, 3.63) is 35.9 Å². The van der Waals surface area contributed by atoms with Crippen LogP contribution in [0.4, 0.5) is 0 Å². The second kappa shape index (κ2) is 3.80. The second-order valence-corrected chi connectivity index (χ2v) is 3.31. The summed E-state index contributed by atoms with van der Waals surface area (Å²) in [5, 5.41) is 0. The summed E-state index contributed by atoms with van der Waals surface area (Å²) in [7, 11) is 0. The number of rotatable bonds is 3. The molecule has 14 heavy (non-hydrogen) atoms. The monoisotopic (exact) mass is 192 g/mol. The van der Waals surface area contributed by atoms with Gasteiger partial charge in [-0.1, -0.05) is 30.3 Å². The van der Waals surface area contributed by atoms with E-state index in [4.69, 9.17) is 9.47 Å². The number of carbonyl (C=O) groups is 1. The second-order valence-electron chi connectivity index (χ2n) is 3.31. The molecule has 2 rings (SSSR count). The summed E-state index contributed by atoms with van der Waals surface area (Å²) in [6, 6.07) is 9.93. The average Bonchev–Trinajstić information content (AvgIpc) is 2.95. The first-order valence-corrected chi connectivity index (χ1v) is 4.61. The predicted octanol–water partition coefficient (Wildman–Crippen LogP) is 1.69. The topological polar surface area (TPSA) is 38.8 Å². The summed E-state index contributed by atoms with van der Waals surface area (Å²) in [5.41, 5.74) is 1.14. The third-order valence-corrected chi connectivity index (χ3v) is 2.16. The maximum atomic E-state index is 10.5. The molecule has 0 aliphatic carbocycles. The molecule has 3 nitrogen and oxygen atoms in total. The molecule has 2 atom stereocenters. The first kappa shape index (κ1) is 9.21. The van der Waals surface area contributed by atoms with Crippen molar-refractivity contribution in [2.45, 2.75) is 19.1 Å². The van der Waals surface area contributed by atoms with E-state index in [2.05, 4.69) is 0 Å². The van der Waals surface area contributed by atoms with Crippen LogP contribution in [0, 0.1) is 0 Å². The molecule has 0 radical (unpaired) electrons.